The minimum atomic E-state index is -0.297. The Balaban J connectivity index is 2.35. The minimum absolute atomic E-state index is 0.297. The third-order valence-electron chi connectivity index (χ3n) is 3.27. The maximum atomic E-state index is 12.9. The zero-order chi connectivity index (χ0) is 16.8. The second-order valence-corrected chi connectivity index (χ2v) is 4.72. The van der Waals surface area contributed by atoms with Gasteiger partial charge in [0, 0.05) is 12.1 Å². The average molecular weight is 318 g/mol. The van der Waals surface area contributed by atoms with Gasteiger partial charge in [0.1, 0.15) is 23.1 Å². The van der Waals surface area contributed by atoms with E-state index in [0.29, 0.717) is 34.2 Å². The number of methoxy groups -OCH3 is 3. The van der Waals surface area contributed by atoms with Crippen LogP contribution in [0.1, 0.15) is 12.5 Å². The van der Waals surface area contributed by atoms with E-state index in [1.807, 2.05) is 6.92 Å². The van der Waals surface area contributed by atoms with E-state index < -0.39 is 0 Å². The summed E-state index contributed by atoms with van der Waals surface area (Å²) in [4.78, 5) is 0. The van der Waals surface area contributed by atoms with Crippen molar-refractivity contribution >= 4 is 11.4 Å². The fourth-order valence-corrected chi connectivity index (χ4v) is 2.09. The summed E-state index contributed by atoms with van der Waals surface area (Å²) in [5.74, 6) is 1.50. The van der Waals surface area contributed by atoms with E-state index in [9.17, 15) is 4.39 Å². The molecule has 0 radical (unpaired) electrons. The molecule has 0 saturated carbocycles. The van der Waals surface area contributed by atoms with Crippen LogP contribution in [0.15, 0.2) is 41.5 Å². The summed E-state index contributed by atoms with van der Waals surface area (Å²) in [7, 11) is 4.71. The van der Waals surface area contributed by atoms with Gasteiger partial charge in [0.05, 0.1) is 38.3 Å². The maximum absolute atomic E-state index is 12.9. The van der Waals surface area contributed by atoms with Gasteiger partial charge in [-0.15, -0.1) is 0 Å². The quantitative estimate of drug-likeness (QED) is 0.652. The van der Waals surface area contributed by atoms with E-state index in [0.717, 1.165) is 0 Å². The largest absolute Gasteiger partial charge is 0.496 e. The summed E-state index contributed by atoms with van der Waals surface area (Å²) >= 11 is 0. The number of rotatable bonds is 6. The second-order valence-electron chi connectivity index (χ2n) is 4.72. The molecule has 6 heteroatoms. The number of nitrogens with one attached hydrogen (secondary N) is 1. The van der Waals surface area contributed by atoms with Crippen LogP contribution >= 0.6 is 0 Å². The normalized spacial score (nSPS) is 11.1. The Kier molecular flexibility index (Phi) is 5.41. The molecule has 5 nitrogen and oxygen atoms in total. The van der Waals surface area contributed by atoms with Crippen molar-refractivity contribution in [2.24, 2.45) is 5.10 Å². The van der Waals surface area contributed by atoms with Gasteiger partial charge in [-0.25, -0.2) is 4.39 Å². The molecule has 0 amide bonds. The monoisotopic (exact) mass is 318 g/mol. The molecule has 23 heavy (non-hydrogen) atoms. The average Bonchev–Trinajstić information content (AvgIpc) is 2.59. The molecule has 0 aromatic heterocycles. The van der Waals surface area contributed by atoms with Crippen LogP contribution in [0.5, 0.6) is 17.2 Å². The summed E-state index contributed by atoms with van der Waals surface area (Å²) in [5.41, 5.74) is 4.93. The maximum Gasteiger partial charge on any atom is 0.135 e. The zero-order valence-corrected chi connectivity index (χ0v) is 13.5. The Bertz CT molecular complexity index is 674. The number of hydrogen-bond donors (Lipinski definition) is 1. The second kappa shape index (κ2) is 7.49. The van der Waals surface area contributed by atoms with Gasteiger partial charge in [-0.1, -0.05) is 0 Å². The van der Waals surface area contributed by atoms with Crippen LogP contribution in [0.2, 0.25) is 0 Å². The van der Waals surface area contributed by atoms with Gasteiger partial charge in [-0.2, -0.15) is 5.10 Å². The Labute approximate surface area is 134 Å². The number of hydrogen-bond acceptors (Lipinski definition) is 5. The summed E-state index contributed by atoms with van der Waals surface area (Å²) in [5, 5.41) is 4.31. The molecule has 0 unspecified atom stereocenters. The molecule has 0 atom stereocenters. The molecule has 122 valence electrons. The van der Waals surface area contributed by atoms with Crippen molar-refractivity contribution in [3.05, 3.63) is 47.8 Å². The molecule has 1 N–H and O–H groups in total. The van der Waals surface area contributed by atoms with Crippen LogP contribution in [-0.2, 0) is 0 Å². The van der Waals surface area contributed by atoms with Crippen LogP contribution in [-0.4, -0.2) is 27.0 Å². The lowest BCUT2D eigenvalue weighted by Crippen LogP contribution is -2.06. The minimum Gasteiger partial charge on any atom is -0.496 e. The molecule has 2 rings (SSSR count). The number of anilines is 1. The van der Waals surface area contributed by atoms with Crippen LogP contribution < -0.4 is 19.6 Å². The fraction of sp³-hybridized carbons (Fsp3) is 0.235. The van der Waals surface area contributed by atoms with Crippen molar-refractivity contribution in [2.75, 3.05) is 26.8 Å². The van der Waals surface area contributed by atoms with E-state index in [1.165, 1.54) is 12.1 Å². The highest BCUT2D eigenvalue weighted by Crippen LogP contribution is 2.34. The number of nitrogens with zero attached hydrogens (tertiary/aromatic N) is 1. The lowest BCUT2D eigenvalue weighted by atomic mass is 10.1. The lowest BCUT2D eigenvalue weighted by Gasteiger charge is -2.15. The summed E-state index contributed by atoms with van der Waals surface area (Å²) < 4.78 is 28.9. The van der Waals surface area contributed by atoms with Crippen molar-refractivity contribution in [3.8, 4) is 17.2 Å². The highest BCUT2D eigenvalue weighted by molar-refractivity contribution is 6.04. The van der Waals surface area contributed by atoms with Crippen molar-refractivity contribution in [1.82, 2.24) is 0 Å². The standard InChI is InChI=1S/C17H19FN2O3/c1-11(19-20-13-7-5-12(18)6-8-13)17-15(22-3)9-14(21-2)10-16(17)23-4/h5-10,20H,1-4H3/b19-11-. The Hall–Kier alpha value is -2.76. The number of benzene rings is 2. The van der Waals surface area contributed by atoms with Crippen LogP contribution in [0, 0.1) is 5.82 Å². The first-order valence-electron chi connectivity index (χ1n) is 6.95. The molecule has 0 aliphatic rings. The molecule has 0 bridgehead atoms. The first-order valence-corrected chi connectivity index (χ1v) is 6.95. The van der Waals surface area contributed by atoms with Crippen molar-refractivity contribution in [3.63, 3.8) is 0 Å². The molecule has 0 saturated heterocycles. The predicted octanol–water partition coefficient (Wildman–Crippen LogP) is 3.69. The topological polar surface area (TPSA) is 52.1 Å². The van der Waals surface area contributed by atoms with Gasteiger partial charge >= 0.3 is 0 Å². The smallest absolute Gasteiger partial charge is 0.135 e. The van der Waals surface area contributed by atoms with Crippen molar-refractivity contribution in [2.45, 2.75) is 6.92 Å². The molecule has 2 aromatic rings. The number of hydrazone groups is 1. The summed E-state index contributed by atoms with van der Waals surface area (Å²) in [6, 6.07) is 9.45. The molecule has 0 fully saturated rings. The predicted molar refractivity (Wildman–Crippen MR) is 88.3 cm³/mol. The van der Waals surface area contributed by atoms with E-state index in [2.05, 4.69) is 10.5 Å². The Morgan fingerprint density at radius 3 is 2.00 bits per heavy atom. The van der Waals surface area contributed by atoms with E-state index in [1.54, 1.807) is 45.6 Å². The van der Waals surface area contributed by atoms with Crippen LogP contribution in [0.3, 0.4) is 0 Å². The molecular weight excluding hydrogens is 299 g/mol. The molecular formula is C17H19FN2O3. The molecule has 0 spiro atoms. The SMILES string of the molecule is COc1cc(OC)c(/C(C)=N\Nc2ccc(F)cc2)c(OC)c1. The van der Waals surface area contributed by atoms with Gasteiger partial charge in [-0.05, 0) is 31.2 Å². The summed E-state index contributed by atoms with van der Waals surface area (Å²) in [6.07, 6.45) is 0. The molecule has 0 aliphatic heterocycles. The zero-order valence-electron chi connectivity index (χ0n) is 13.5. The van der Waals surface area contributed by atoms with Gasteiger partial charge in [0.25, 0.3) is 0 Å². The van der Waals surface area contributed by atoms with Crippen molar-refractivity contribution < 1.29 is 18.6 Å². The Morgan fingerprint density at radius 2 is 1.52 bits per heavy atom. The van der Waals surface area contributed by atoms with Crippen molar-refractivity contribution in [1.29, 1.82) is 0 Å². The van der Waals surface area contributed by atoms with Gasteiger partial charge in [0.15, 0.2) is 0 Å². The third-order valence-corrected chi connectivity index (χ3v) is 3.27. The molecule has 0 aliphatic carbocycles. The first kappa shape index (κ1) is 16.6. The number of ether oxygens (including phenoxy) is 3. The highest BCUT2D eigenvalue weighted by Gasteiger charge is 2.16. The third kappa shape index (κ3) is 3.91. The van der Waals surface area contributed by atoms with E-state index in [-0.39, 0.29) is 5.82 Å². The number of halogens is 1. The van der Waals surface area contributed by atoms with Gasteiger partial charge < -0.3 is 14.2 Å². The first-order chi connectivity index (χ1) is 11.1. The highest BCUT2D eigenvalue weighted by atomic mass is 19.1. The fourth-order valence-electron chi connectivity index (χ4n) is 2.09. The van der Waals surface area contributed by atoms with Gasteiger partial charge in [0.2, 0.25) is 0 Å². The lowest BCUT2D eigenvalue weighted by molar-refractivity contribution is 0.374. The summed E-state index contributed by atoms with van der Waals surface area (Å²) in [6.45, 7) is 1.82. The van der Waals surface area contributed by atoms with E-state index >= 15 is 0 Å². The van der Waals surface area contributed by atoms with Crippen LogP contribution in [0.4, 0.5) is 10.1 Å². The molecule has 0 heterocycles. The van der Waals surface area contributed by atoms with Crippen LogP contribution in [0.25, 0.3) is 0 Å². The molecule has 2 aromatic carbocycles. The van der Waals surface area contributed by atoms with E-state index in [4.69, 9.17) is 14.2 Å². The van der Waals surface area contributed by atoms with Gasteiger partial charge in [-0.3, -0.25) is 5.43 Å². The Morgan fingerprint density at radius 1 is 0.957 bits per heavy atom.